The Bertz CT molecular complexity index is 883. The molecule has 142 valence electrons. The average molecular weight is 367 g/mol. The highest BCUT2D eigenvalue weighted by molar-refractivity contribution is 5.75. The number of aromatic amines is 2. The first-order valence-electron chi connectivity index (χ1n) is 9.54. The van der Waals surface area contributed by atoms with E-state index in [1.165, 1.54) is 0 Å². The average Bonchev–Trinajstić information content (AvgIpc) is 3.31. The Labute approximate surface area is 157 Å². The molecule has 1 saturated heterocycles. The number of urea groups is 1. The van der Waals surface area contributed by atoms with E-state index < -0.39 is 0 Å². The summed E-state index contributed by atoms with van der Waals surface area (Å²) in [5.74, 6) is 2.81. The highest BCUT2D eigenvalue weighted by Crippen LogP contribution is 2.24. The molecule has 3 aromatic rings. The Morgan fingerprint density at radius 1 is 1.33 bits per heavy atom. The molecule has 1 aliphatic heterocycles. The van der Waals surface area contributed by atoms with Gasteiger partial charge in [0.25, 0.3) is 0 Å². The molecule has 1 aromatic carbocycles. The number of H-pyrrole nitrogens is 2. The van der Waals surface area contributed by atoms with Crippen LogP contribution in [0.5, 0.6) is 0 Å². The molecule has 0 radical (unpaired) electrons. The number of nitrogens with one attached hydrogen (secondary N) is 3. The third-order valence-corrected chi connectivity index (χ3v) is 4.99. The second-order valence-electron chi connectivity index (χ2n) is 7.10. The molecule has 0 aliphatic carbocycles. The molecule has 8 heteroatoms. The monoisotopic (exact) mass is 367 g/mol. The number of piperidine rings is 1. The fraction of sp³-hybridized carbons (Fsp3) is 0.474. The molecule has 0 saturated carbocycles. The molecule has 27 heavy (non-hydrogen) atoms. The van der Waals surface area contributed by atoms with Gasteiger partial charge in [-0.3, -0.25) is 5.10 Å². The van der Waals surface area contributed by atoms with Gasteiger partial charge in [-0.1, -0.05) is 12.1 Å². The fourth-order valence-electron chi connectivity index (χ4n) is 3.60. The normalized spacial score (nSPS) is 17.4. The van der Waals surface area contributed by atoms with Gasteiger partial charge >= 0.3 is 6.03 Å². The topological polar surface area (TPSA) is 103 Å². The maximum absolute atomic E-state index is 12.5. The summed E-state index contributed by atoms with van der Waals surface area (Å²) >= 11 is 0. The van der Waals surface area contributed by atoms with Crippen LogP contribution in [0.4, 0.5) is 4.79 Å². The van der Waals surface area contributed by atoms with E-state index in [0.29, 0.717) is 13.1 Å². The Morgan fingerprint density at radius 3 is 3.04 bits per heavy atom. The van der Waals surface area contributed by atoms with Gasteiger partial charge in [-0.2, -0.15) is 5.10 Å². The summed E-state index contributed by atoms with van der Waals surface area (Å²) in [6, 6.07) is 8.00. The molecular formula is C19H25N7O. The number of hydrogen-bond acceptors (Lipinski definition) is 4. The number of nitrogens with zero attached hydrogens (tertiary/aromatic N) is 4. The summed E-state index contributed by atoms with van der Waals surface area (Å²) in [7, 11) is 0. The van der Waals surface area contributed by atoms with Crippen LogP contribution in [0.25, 0.3) is 11.0 Å². The number of aryl methyl sites for hydroxylation is 2. The van der Waals surface area contributed by atoms with E-state index in [-0.39, 0.29) is 11.9 Å². The van der Waals surface area contributed by atoms with Crippen LogP contribution in [0.3, 0.4) is 0 Å². The first-order chi connectivity index (χ1) is 13.2. The van der Waals surface area contributed by atoms with Crippen molar-refractivity contribution in [2.75, 3.05) is 19.6 Å². The number of carbonyl (C=O) groups excluding carboxylic acids is 1. The van der Waals surface area contributed by atoms with Gasteiger partial charge in [0.05, 0.1) is 11.0 Å². The molecule has 0 bridgehead atoms. The summed E-state index contributed by atoms with van der Waals surface area (Å²) in [6.07, 6.45) is 3.66. The van der Waals surface area contributed by atoms with Gasteiger partial charge in [0.15, 0.2) is 5.82 Å². The lowest BCUT2D eigenvalue weighted by atomic mass is 9.98. The van der Waals surface area contributed by atoms with Gasteiger partial charge in [0.1, 0.15) is 11.6 Å². The third-order valence-electron chi connectivity index (χ3n) is 4.99. The first kappa shape index (κ1) is 17.5. The van der Waals surface area contributed by atoms with E-state index in [4.69, 9.17) is 0 Å². The largest absolute Gasteiger partial charge is 0.342 e. The van der Waals surface area contributed by atoms with Gasteiger partial charge < -0.3 is 15.2 Å². The van der Waals surface area contributed by atoms with Gasteiger partial charge in [-0.15, -0.1) is 0 Å². The van der Waals surface area contributed by atoms with Crippen molar-refractivity contribution in [1.29, 1.82) is 0 Å². The number of benzene rings is 1. The van der Waals surface area contributed by atoms with Crippen molar-refractivity contribution in [3.8, 4) is 0 Å². The molecule has 3 N–H and O–H groups in total. The van der Waals surface area contributed by atoms with Gasteiger partial charge in [-0.05, 0) is 38.3 Å². The van der Waals surface area contributed by atoms with E-state index in [2.05, 4.69) is 30.5 Å². The summed E-state index contributed by atoms with van der Waals surface area (Å²) in [6.45, 7) is 3.99. The predicted octanol–water partition coefficient (Wildman–Crippen LogP) is 2.51. The molecule has 1 unspecified atom stereocenters. The number of para-hydroxylation sites is 2. The molecule has 8 nitrogen and oxygen atoms in total. The molecule has 2 amide bonds. The maximum Gasteiger partial charge on any atom is 0.317 e. The van der Waals surface area contributed by atoms with Crippen molar-refractivity contribution in [1.82, 2.24) is 35.4 Å². The number of rotatable bonds is 5. The standard InChI is InChI=1S/C19H25N7O/c1-13-21-18(25-24-13)14-6-5-11-26(12-14)19(27)20-10-4-9-17-22-15-7-2-3-8-16(15)23-17/h2-3,7-8,14H,4-6,9-12H2,1H3,(H,20,27)(H,22,23)(H,21,24,25). The lowest BCUT2D eigenvalue weighted by Crippen LogP contribution is -2.45. The summed E-state index contributed by atoms with van der Waals surface area (Å²) in [4.78, 5) is 26.7. The quantitative estimate of drug-likeness (QED) is 0.603. The number of carbonyl (C=O) groups is 1. The van der Waals surface area contributed by atoms with Crippen LogP contribution in [0.1, 0.15) is 42.7 Å². The second-order valence-corrected chi connectivity index (χ2v) is 7.10. The Morgan fingerprint density at radius 2 is 2.22 bits per heavy atom. The van der Waals surface area contributed by atoms with Gasteiger partial charge in [0.2, 0.25) is 0 Å². The smallest absolute Gasteiger partial charge is 0.317 e. The maximum atomic E-state index is 12.5. The zero-order chi connectivity index (χ0) is 18.6. The number of imidazole rings is 1. The van der Waals surface area contributed by atoms with E-state index in [0.717, 1.165) is 60.7 Å². The highest BCUT2D eigenvalue weighted by Gasteiger charge is 2.26. The van der Waals surface area contributed by atoms with Gasteiger partial charge in [0, 0.05) is 32.0 Å². The van der Waals surface area contributed by atoms with Crippen molar-refractivity contribution in [3.05, 3.63) is 41.7 Å². The van der Waals surface area contributed by atoms with Crippen molar-refractivity contribution in [3.63, 3.8) is 0 Å². The molecule has 4 rings (SSSR count). The first-order valence-corrected chi connectivity index (χ1v) is 9.54. The van der Waals surface area contributed by atoms with Crippen molar-refractivity contribution < 1.29 is 4.79 Å². The molecule has 3 heterocycles. The number of aromatic nitrogens is 5. The van der Waals surface area contributed by atoms with Crippen LogP contribution < -0.4 is 5.32 Å². The zero-order valence-electron chi connectivity index (χ0n) is 15.5. The molecule has 1 aliphatic rings. The Balaban J connectivity index is 1.24. The van der Waals surface area contributed by atoms with Crippen molar-refractivity contribution in [2.24, 2.45) is 0 Å². The minimum atomic E-state index is -0.00318. The lowest BCUT2D eigenvalue weighted by Gasteiger charge is -2.31. The van der Waals surface area contributed by atoms with Gasteiger partial charge in [-0.25, -0.2) is 14.8 Å². The van der Waals surface area contributed by atoms with Crippen molar-refractivity contribution >= 4 is 17.1 Å². The van der Waals surface area contributed by atoms with E-state index in [1.54, 1.807) is 0 Å². The van der Waals surface area contributed by atoms with E-state index in [1.807, 2.05) is 36.1 Å². The van der Waals surface area contributed by atoms with Crippen LogP contribution in [-0.2, 0) is 6.42 Å². The van der Waals surface area contributed by atoms with Crippen LogP contribution >= 0.6 is 0 Å². The zero-order valence-corrected chi connectivity index (χ0v) is 15.5. The SMILES string of the molecule is Cc1nc(C2CCCN(C(=O)NCCCc3nc4ccccc4[nH]3)C2)n[nH]1. The Hall–Kier alpha value is -2.90. The summed E-state index contributed by atoms with van der Waals surface area (Å²) in [5.41, 5.74) is 2.04. The minimum absolute atomic E-state index is 0.00318. The fourth-order valence-corrected chi connectivity index (χ4v) is 3.60. The summed E-state index contributed by atoms with van der Waals surface area (Å²) in [5, 5.41) is 10.2. The molecular weight excluding hydrogens is 342 g/mol. The van der Waals surface area contributed by atoms with Crippen molar-refractivity contribution in [2.45, 2.75) is 38.5 Å². The number of likely N-dealkylation sites (tertiary alicyclic amines) is 1. The number of amides is 2. The predicted molar refractivity (Wildman–Crippen MR) is 102 cm³/mol. The minimum Gasteiger partial charge on any atom is -0.342 e. The van der Waals surface area contributed by atoms with Crippen LogP contribution in [0, 0.1) is 6.92 Å². The van der Waals surface area contributed by atoms with Crippen LogP contribution in [0.2, 0.25) is 0 Å². The van der Waals surface area contributed by atoms with E-state index >= 15 is 0 Å². The highest BCUT2D eigenvalue weighted by atomic mass is 16.2. The molecule has 1 fully saturated rings. The Kier molecular flexibility index (Phi) is 5.04. The number of hydrogen-bond donors (Lipinski definition) is 3. The van der Waals surface area contributed by atoms with Crippen LogP contribution in [-0.4, -0.2) is 55.7 Å². The third kappa shape index (κ3) is 4.10. The lowest BCUT2D eigenvalue weighted by molar-refractivity contribution is 0.178. The summed E-state index contributed by atoms with van der Waals surface area (Å²) < 4.78 is 0. The molecule has 1 atom stereocenters. The number of fused-ring (bicyclic) bond motifs is 1. The second kappa shape index (κ2) is 7.77. The van der Waals surface area contributed by atoms with E-state index in [9.17, 15) is 4.79 Å². The molecule has 0 spiro atoms. The molecule has 2 aromatic heterocycles. The van der Waals surface area contributed by atoms with Crippen LogP contribution in [0.15, 0.2) is 24.3 Å².